The van der Waals surface area contributed by atoms with Crippen molar-refractivity contribution in [1.29, 1.82) is 0 Å². The summed E-state index contributed by atoms with van der Waals surface area (Å²) in [7, 11) is 1.19. The van der Waals surface area contributed by atoms with Gasteiger partial charge in [0.15, 0.2) is 0 Å². The first-order valence-electron chi connectivity index (χ1n) is 9.43. The normalized spacial score (nSPS) is 14.3. The Bertz CT molecular complexity index is 738. The van der Waals surface area contributed by atoms with Crippen LogP contribution in [0.25, 0.3) is 0 Å². The summed E-state index contributed by atoms with van der Waals surface area (Å²) in [6.07, 6.45) is -1.02. The zero-order chi connectivity index (χ0) is 22.3. The van der Waals surface area contributed by atoms with Crippen LogP contribution >= 0.6 is 0 Å². The summed E-state index contributed by atoms with van der Waals surface area (Å²) in [5, 5.41) is 2.77. The van der Waals surface area contributed by atoms with Crippen LogP contribution in [0.2, 0.25) is 0 Å². The van der Waals surface area contributed by atoms with Gasteiger partial charge in [-0.1, -0.05) is 26.0 Å². The van der Waals surface area contributed by atoms with Gasteiger partial charge in [0, 0.05) is 0 Å². The van der Waals surface area contributed by atoms with Gasteiger partial charge in [-0.3, -0.25) is 13.8 Å². The van der Waals surface area contributed by atoms with Gasteiger partial charge in [-0.25, -0.2) is 9.86 Å². The second-order valence-corrected chi connectivity index (χ2v) is 8.89. The van der Waals surface area contributed by atoms with Gasteiger partial charge in [-0.05, 0) is 45.2 Å². The van der Waals surface area contributed by atoms with E-state index >= 15 is 0 Å². The number of ether oxygens (including phenoxy) is 2. The molecule has 1 aromatic rings. The molecule has 0 heterocycles. The van der Waals surface area contributed by atoms with Crippen molar-refractivity contribution >= 4 is 22.8 Å². The van der Waals surface area contributed by atoms with Crippen molar-refractivity contribution in [2.24, 2.45) is 5.92 Å². The standard InChI is InChI=1S/C20H32N2O6S/c1-12(2)17(21-20(24)28-13(3)4)19(23)22(27-8)15(6)29(25)16-11-9-10-14(5)18(16)26-7/h9-13,15,17H,1-8H3,(H,21,24). The highest BCUT2D eigenvalue weighted by Crippen LogP contribution is 2.29. The van der Waals surface area contributed by atoms with E-state index in [0.29, 0.717) is 10.6 Å². The van der Waals surface area contributed by atoms with E-state index in [-0.39, 0.29) is 12.0 Å². The van der Waals surface area contributed by atoms with Crippen molar-refractivity contribution in [3.63, 3.8) is 0 Å². The molecule has 1 rings (SSSR count). The quantitative estimate of drug-likeness (QED) is 0.608. The van der Waals surface area contributed by atoms with Crippen LogP contribution in [0.5, 0.6) is 5.75 Å². The molecular formula is C20H32N2O6S. The van der Waals surface area contributed by atoms with E-state index < -0.39 is 34.2 Å². The van der Waals surface area contributed by atoms with Gasteiger partial charge in [0.05, 0.1) is 36.0 Å². The highest BCUT2D eigenvalue weighted by Gasteiger charge is 2.35. The Morgan fingerprint density at radius 1 is 1.10 bits per heavy atom. The van der Waals surface area contributed by atoms with E-state index in [0.717, 1.165) is 10.6 Å². The van der Waals surface area contributed by atoms with Crippen LogP contribution < -0.4 is 10.1 Å². The van der Waals surface area contributed by atoms with Crippen LogP contribution in [-0.2, 0) is 25.2 Å². The third-order valence-electron chi connectivity index (χ3n) is 4.20. The molecule has 0 fully saturated rings. The molecular weight excluding hydrogens is 396 g/mol. The Morgan fingerprint density at radius 3 is 2.21 bits per heavy atom. The number of hydroxylamine groups is 2. The number of carbonyl (C=O) groups is 2. The first kappa shape index (κ1) is 24.9. The van der Waals surface area contributed by atoms with Crippen LogP contribution in [0.15, 0.2) is 23.1 Å². The predicted octanol–water partition coefficient (Wildman–Crippen LogP) is 3.01. The molecule has 0 aliphatic rings. The third kappa shape index (κ3) is 6.43. The molecule has 0 saturated heterocycles. The van der Waals surface area contributed by atoms with Crippen LogP contribution in [0, 0.1) is 12.8 Å². The fourth-order valence-corrected chi connectivity index (χ4v) is 4.13. The first-order chi connectivity index (χ1) is 13.5. The van der Waals surface area contributed by atoms with Gasteiger partial charge >= 0.3 is 6.09 Å². The van der Waals surface area contributed by atoms with Crippen LogP contribution in [-0.4, -0.2) is 53.0 Å². The summed E-state index contributed by atoms with van der Waals surface area (Å²) in [5.41, 5.74) is 0.832. The van der Waals surface area contributed by atoms with Crippen molar-refractivity contribution in [3.05, 3.63) is 23.8 Å². The number of carbonyl (C=O) groups excluding carboxylic acids is 2. The summed E-state index contributed by atoms with van der Waals surface area (Å²) < 4.78 is 23.6. The van der Waals surface area contributed by atoms with E-state index in [9.17, 15) is 13.8 Å². The Hall–Kier alpha value is -2.13. The molecule has 0 spiro atoms. The Morgan fingerprint density at radius 2 is 1.72 bits per heavy atom. The maximum absolute atomic E-state index is 13.2. The third-order valence-corrected chi connectivity index (χ3v) is 5.77. The van der Waals surface area contributed by atoms with Crippen molar-refractivity contribution in [2.75, 3.05) is 14.2 Å². The number of benzene rings is 1. The van der Waals surface area contributed by atoms with Gasteiger partial charge in [0.2, 0.25) is 0 Å². The molecule has 0 aliphatic heterocycles. The molecule has 164 valence electrons. The lowest BCUT2D eigenvalue weighted by molar-refractivity contribution is -0.182. The molecule has 29 heavy (non-hydrogen) atoms. The average Bonchev–Trinajstić information content (AvgIpc) is 2.64. The molecule has 2 amide bonds. The Balaban J connectivity index is 3.12. The average molecular weight is 429 g/mol. The van der Waals surface area contributed by atoms with Gasteiger partial charge in [0.25, 0.3) is 5.91 Å². The molecule has 0 radical (unpaired) electrons. The number of methoxy groups -OCH3 is 1. The minimum absolute atomic E-state index is 0.242. The summed E-state index contributed by atoms with van der Waals surface area (Å²) >= 11 is 0. The fourth-order valence-electron chi connectivity index (χ4n) is 2.76. The number of hydrogen-bond donors (Lipinski definition) is 1. The van der Waals surface area contributed by atoms with E-state index in [1.807, 2.05) is 13.0 Å². The number of alkyl carbamates (subject to hydrolysis) is 1. The number of aryl methyl sites for hydroxylation is 1. The van der Waals surface area contributed by atoms with Gasteiger partial charge in [0.1, 0.15) is 17.2 Å². The Kier molecular flexibility index (Phi) is 9.58. The van der Waals surface area contributed by atoms with Gasteiger partial charge < -0.3 is 14.8 Å². The number of nitrogens with one attached hydrogen (secondary N) is 1. The number of nitrogens with zero attached hydrogens (tertiary/aromatic N) is 1. The van der Waals surface area contributed by atoms with E-state index in [2.05, 4.69) is 5.32 Å². The predicted molar refractivity (Wildman–Crippen MR) is 111 cm³/mol. The van der Waals surface area contributed by atoms with Crippen molar-refractivity contribution < 1.29 is 28.1 Å². The van der Waals surface area contributed by atoms with Crippen molar-refractivity contribution in [1.82, 2.24) is 10.4 Å². The lowest BCUT2D eigenvalue weighted by Crippen LogP contribution is -2.54. The molecule has 0 saturated carbocycles. The highest BCUT2D eigenvalue weighted by atomic mass is 32.2. The zero-order valence-electron chi connectivity index (χ0n) is 18.3. The SMILES string of the molecule is COc1c(C)cccc1S(=O)C(C)N(OC)C(=O)C(NC(=O)OC(C)C)C(C)C. The second kappa shape index (κ2) is 11.2. The van der Waals surface area contributed by atoms with E-state index in [1.165, 1.54) is 14.2 Å². The van der Waals surface area contributed by atoms with E-state index in [4.69, 9.17) is 14.3 Å². The molecule has 1 aromatic carbocycles. The molecule has 9 heteroatoms. The van der Waals surface area contributed by atoms with Gasteiger partial charge in [-0.2, -0.15) is 0 Å². The molecule has 3 unspecified atom stereocenters. The van der Waals surface area contributed by atoms with Crippen molar-refractivity contribution in [3.8, 4) is 5.75 Å². The fraction of sp³-hybridized carbons (Fsp3) is 0.600. The number of rotatable bonds is 9. The summed E-state index contributed by atoms with van der Waals surface area (Å²) in [6.45, 7) is 10.5. The molecule has 1 N–H and O–H groups in total. The minimum atomic E-state index is -1.64. The van der Waals surface area contributed by atoms with Crippen LogP contribution in [0.3, 0.4) is 0 Å². The maximum atomic E-state index is 13.2. The lowest BCUT2D eigenvalue weighted by Gasteiger charge is -2.31. The van der Waals surface area contributed by atoms with Crippen LogP contribution in [0.4, 0.5) is 4.79 Å². The largest absolute Gasteiger partial charge is 0.495 e. The van der Waals surface area contributed by atoms with Crippen LogP contribution in [0.1, 0.15) is 40.2 Å². The minimum Gasteiger partial charge on any atom is -0.495 e. The Labute approximate surface area is 175 Å². The monoisotopic (exact) mass is 428 g/mol. The van der Waals surface area contributed by atoms with Gasteiger partial charge in [-0.15, -0.1) is 0 Å². The summed E-state index contributed by atoms with van der Waals surface area (Å²) in [6, 6.07) is 4.41. The number of para-hydroxylation sites is 1. The summed E-state index contributed by atoms with van der Waals surface area (Å²) in [4.78, 5) is 30.8. The smallest absolute Gasteiger partial charge is 0.408 e. The number of amides is 2. The molecule has 0 aromatic heterocycles. The van der Waals surface area contributed by atoms with Crippen molar-refractivity contribution in [2.45, 2.75) is 64.0 Å². The summed E-state index contributed by atoms with van der Waals surface area (Å²) in [5.74, 6) is -0.259. The lowest BCUT2D eigenvalue weighted by atomic mass is 10.0. The van der Waals surface area contributed by atoms with E-state index in [1.54, 1.807) is 46.8 Å². The topological polar surface area (TPSA) is 94.2 Å². The first-order valence-corrected chi connectivity index (χ1v) is 10.6. The maximum Gasteiger partial charge on any atom is 0.408 e. The second-order valence-electron chi connectivity index (χ2n) is 7.17. The number of hydrogen-bond acceptors (Lipinski definition) is 6. The zero-order valence-corrected chi connectivity index (χ0v) is 19.2. The molecule has 0 aliphatic carbocycles. The molecule has 3 atom stereocenters. The molecule has 0 bridgehead atoms. The highest BCUT2D eigenvalue weighted by molar-refractivity contribution is 7.85. The molecule has 8 nitrogen and oxygen atoms in total.